The molecule has 0 aliphatic rings. The van der Waals surface area contributed by atoms with Gasteiger partial charge < -0.3 is 19.5 Å². The Labute approximate surface area is 183 Å². The van der Waals surface area contributed by atoms with Gasteiger partial charge in [0.15, 0.2) is 5.96 Å². The van der Waals surface area contributed by atoms with Crippen molar-refractivity contribution in [1.29, 1.82) is 0 Å². The zero-order valence-electron chi connectivity index (χ0n) is 16.5. The van der Waals surface area contributed by atoms with E-state index in [1.165, 1.54) is 0 Å². The second-order valence-electron chi connectivity index (χ2n) is 6.29. The molecular weight excluding hydrogens is 479 g/mol. The van der Waals surface area contributed by atoms with Crippen molar-refractivity contribution in [1.82, 2.24) is 15.4 Å². The number of aryl methyl sites for hydroxylation is 2. The van der Waals surface area contributed by atoms with Gasteiger partial charge >= 0.3 is 0 Å². The van der Waals surface area contributed by atoms with Gasteiger partial charge in [-0.2, -0.15) is 0 Å². The topological polar surface area (TPSA) is 62.9 Å². The Morgan fingerprint density at radius 1 is 1.41 bits per heavy atom. The van der Waals surface area contributed by atoms with Gasteiger partial charge in [-0.15, -0.1) is 24.0 Å². The second kappa shape index (κ2) is 11.4. The molecule has 1 aromatic carbocycles. The first-order chi connectivity index (χ1) is 12.4. The van der Waals surface area contributed by atoms with Gasteiger partial charge in [0.05, 0.1) is 12.2 Å². The molecule has 1 unspecified atom stereocenters. The molecule has 8 heteroatoms. The van der Waals surface area contributed by atoms with Crippen molar-refractivity contribution in [2.24, 2.45) is 4.99 Å². The minimum absolute atomic E-state index is 0. The minimum atomic E-state index is 0. The molecule has 2 rings (SSSR count). The molecule has 1 heterocycles. The minimum Gasteiger partial charge on any atom is -0.492 e. The molecule has 0 amide bonds. The largest absolute Gasteiger partial charge is 0.492 e. The molecule has 0 aliphatic heterocycles. The number of aliphatic imine (C=N–C) groups is 1. The summed E-state index contributed by atoms with van der Waals surface area (Å²) in [5.74, 6) is 2.73. The van der Waals surface area contributed by atoms with E-state index < -0.39 is 0 Å². The summed E-state index contributed by atoms with van der Waals surface area (Å²) >= 11 is 5.96. The van der Waals surface area contributed by atoms with Gasteiger partial charge in [-0.25, -0.2) is 0 Å². The maximum atomic E-state index is 5.96. The number of likely N-dealkylation sites (N-methyl/N-ethyl adjacent to an activating group) is 1. The third-order valence-corrected chi connectivity index (χ3v) is 4.45. The maximum absolute atomic E-state index is 5.96. The standard InChI is InChI=1S/C19H27ClN4O2.HI/c1-13(18-14(2)23-26-15(18)3)12-22-19(21-4)24(5)9-10-25-17-8-6-7-16(20)11-17;/h6-8,11,13H,9-10,12H2,1-5H3,(H,21,22);1H. The van der Waals surface area contributed by atoms with Gasteiger partial charge in [-0.1, -0.05) is 29.7 Å². The summed E-state index contributed by atoms with van der Waals surface area (Å²) in [6.45, 7) is 8.05. The zero-order valence-corrected chi connectivity index (χ0v) is 19.5. The van der Waals surface area contributed by atoms with Crippen molar-refractivity contribution in [3.63, 3.8) is 0 Å². The normalized spacial score (nSPS) is 12.3. The number of hydrogen-bond donors (Lipinski definition) is 1. The van der Waals surface area contributed by atoms with Crippen LogP contribution in [-0.4, -0.2) is 49.8 Å². The van der Waals surface area contributed by atoms with Gasteiger partial charge in [0.1, 0.15) is 18.1 Å². The van der Waals surface area contributed by atoms with Gasteiger partial charge in [0, 0.05) is 37.1 Å². The van der Waals surface area contributed by atoms with Crippen LogP contribution in [0.25, 0.3) is 0 Å². The number of halogens is 2. The number of nitrogens with zero attached hydrogens (tertiary/aromatic N) is 3. The predicted octanol–water partition coefficient (Wildman–Crippen LogP) is 4.25. The van der Waals surface area contributed by atoms with Crippen molar-refractivity contribution in [3.8, 4) is 5.75 Å². The molecule has 0 aliphatic carbocycles. The van der Waals surface area contributed by atoms with Crippen LogP contribution in [-0.2, 0) is 0 Å². The maximum Gasteiger partial charge on any atom is 0.193 e. The van der Waals surface area contributed by atoms with E-state index in [0.717, 1.165) is 35.3 Å². The fourth-order valence-corrected chi connectivity index (χ4v) is 3.07. The van der Waals surface area contributed by atoms with E-state index in [0.29, 0.717) is 18.2 Å². The third kappa shape index (κ3) is 6.88. The smallest absolute Gasteiger partial charge is 0.193 e. The van der Waals surface area contributed by atoms with Crippen LogP contribution in [0.3, 0.4) is 0 Å². The molecule has 0 saturated heterocycles. The molecule has 1 atom stereocenters. The highest BCUT2D eigenvalue weighted by Crippen LogP contribution is 2.22. The van der Waals surface area contributed by atoms with Crippen molar-refractivity contribution in [2.75, 3.05) is 33.8 Å². The van der Waals surface area contributed by atoms with Crippen molar-refractivity contribution in [2.45, 2.75) is 26.7 Å². The molecule has 150 valence electrons. The summed E-state index contributed by atoms with van der Waals surface area (Å²) in [4.78, 5) is 6.37. The Kier molecular flexibility index (Phi) is 9.93. The SMILES string of the molecule is CN=C(NCC(C)c1c(C)noc1C)N(C)CCOc1cccc(Cl)c1.I. The summed E-state index contributed by atoms with van der Waals surface area (Å²) in [7, 11) is 3.76. The molecule has 1 N–H and O–H groups in total. The highest BCUT2D eigenvalue weighted by atomic mass is 127. The van der Waals surface area contributed by atoms with E-state index in [1.54, 1.807) is 13.1 Å². The first-order valence-electron chi connectivity index (χ1n) is 8.65. The van der Waals surface area contributed by atoms with Gasteiger partial charge in [0.25, 0.3) is 0 Å². The average Bonchev–Trinajstić information content (AvgIpc) is 2.94. The average molecular weight is 507 g/mol. The first kappa shape index (κ1) is 23.6. The fraction of sp³-hybridized carbons (Fsp3) is 0.474. The zero-order chi connectivity index (χ0) is 19.1. The lowest BCUT2D eigenvalue weighted by atomic mass is 10.00. The van der Waals surface area contributed by atoms with E-state index in [9.17, 15) is 0 Å². The van der Waals surface area contributed by atoms with Crippen molar-refractivity contribution >= 4 is 41.5 Å². The quantitative estimate of drug-likeness (QED) is 0.346. The summed E-state index contributed by atoms with van der Waals surface area (Å²) in [5.41, 5.74) is 2.09. The Bertz CT molecular complexity index is 732. The van der Waals surface area contributed by atoms with E-state index in [2.05, 4.69) is 22.4 Å². The lowest BCUT2D eigenvalue weighted by molar-refractivity contribution is 0.281. The molecule has 6 nitrogen and oxygen atoms in total. The number of nitrogens with one attached hydrogen (secondary N) is 1. The summed E-state index contributed by atoms with van der Waals surface area (Å²) in [6, 6.07) is 7.40. The number of aromatic nitrogens is 1. The Hall–Kier alpha value is -1.48. The molecule has 0 bridgehead atoms. The Morgan fingerprint density at radius 2 is 2.15 bits per heavy atom. The highest BCUT2D eigenvalue weighted by molar-refractivity contribution is 14.0. The Morgan fingerprint density at radius 3 is 2.74 bits per heavy atom. The molecule has 27 heavy (non-hydrogen) atoms. The molecule has 0 spiro atoms. The molecule has 0 saturated carbocycles. The summed E-state index contributed by atoms with van der Waals surface area (Å²) in [6.07, 6.45) is 0. The second-order valence-corrected chi connectivity index (χ2v) is 6.73. The van der Waals surface area contributed by atoms with Gasteiger partial charge in [0.2, 0.25) is 0 Å². The van der Waals surface area contributed by atoms with Crippen LogP contribution in [0.4, 0.5) is 0 Å². The molecule has 2 aromatic rings. The molecular formula is C19H28ClIN4O2. The molecule has 1 aromatic heterocycles. The van der Waals surface area contributed by atoms with Crippen LogP contribution in [0.2, 0.25) is 5.02 Å². The third-order valence-electron chi connectivity index (χ3n) is 4.21. The molecule has 0 fully saturated rings. The van der Waals surface area contributed by atoms with Crippen LogP contribution >= 0.6 is 35.6 Å². The molecule has 0 radical (unpaired) electrons. The van der Waals surface area contributed by atoms with Crippen LogP contribution in [0.1, 0.15) is 29.9 Å². The number of ether oxygens (including phenoxy) is 1. The van der Waals surface area contributed by atoms with Crippen molar-refractivity contribution in [3.05, 3.63) is 46.3 Å². The fourth-order valence-electron chi connectivity index (χ4n) is 2.89. The van der Waals surface area contributed by atoms with E-state index in [1.807, 2.05) is 44.0 Å². The number of hydrogen-bond acceptors (Lipinski definition) is 4. The van der Waals surface area contributed by atoms with Crippen LogP contribution in [0, 0.1) is 13.8 Å². The predicted molar refractivity (Wildman–Crippen MR) is 121 cm³/mol. The van der Waals surface area contributed by atoms with Crippen LogP contribution < -0.4 is 10.1 Å². The van der Waals surface area contributed by atoms with E-state index in [-0.39, 0.29) is 29.9 Å². The van der Waals surface area contributed by atoms with E-state index in [4.69, 9.17) is 20.9 Å². The van der Waals surface area contributed by atoms with E-state index >= 15 is 0 Å². The van der Waals surface area contributed by atoms with Crippen molar-refractivity contribution < 1.29 is 9.26 Å². The summed E-state index contributed by atoms with van der Waals surface area (Å²) in [5, 5.41) is 8.09. The first-order valence-corrected chi connectivity index (χ1v) is 9.03. The number of benzene rings is 1. The van der Waals surface area contributed by atoms with Gasteiger partial charge in [-0.3, -0.25) is 4.99 Å². The van der Waals surface area contributed by atoms with Crippen LogP contribution in [0.15, 0.2) is 33.8 Å². The highest BCUT2D eigenvalue weighted by Gasteiger charge is 2.17. The van der Waals surface area contributed by atoms with Gasteiger partial charge in [-0.05, 0) is 32.0 Å². The summed E-state index contributed by atoms with van der Waals surface area (Å²) < 4.78 is 11.0. The number of guanidine groups is 1. The van der Waals surface area contributed by atoms with Crippen LogP contribution in [0.5, 0.6) is 5.75 Å². The monoisotopic (exact) mass is 506 g/mol. The number of rotatable bonds is 7. The lowest BCUT2D eigenvalue weighted by Crippen LogP contribution is -2.42. The lowest BCUT2D eigenvalue weighted by Gasteiger charge is -2.23. The Balaban J connectivity index is 0.00000364.